The first-order valence-corrected chi connectivity index (χ1v) is 8.43. The summed E-state index contributed by atoms with van der Waals surface area (Å²) in [7, 11) is 2.12. The van der Waals surface area contributed by atoms with E-state index in [1.807, 2.05) is 18.2 Å². The monoisotopic (exact) mass is 302 g/mol. The van der Waals surface area contributed by atoms with E-state index in [2.05, 4.69) is 30.3 Å². The summed E-state index contributed by atoms with van der Waals surface area (Å²) in [6, 6.07) is 8.53. The summed E-state index contributed by atoms with van der Waals surface area (Å²) < 4.78 is 5.79. The van der Waals surface area contributed by atoms with Crippen molar-refractivity contribution in [2.24, 2.45) is 5.92 Å². The Hall–Kier alpha value is -1.55. The van der Waals surface area contributed by atoms with Crippen LogP contribution in [0.4, 0.5) is 0 Å². The van der Waals surface area contributed by atoms with Gasteiger partial charge in [0.2, 0.25) is 5.91 Å². The average Bonchev–Trinajstić information content (AvgIpc) is 2.79. The van der Waals surface area contributed by atoms with Gasteiger partial charge in [-0.1, -0.05) is 25.1 Å². The minimum atomic E-state index is 0.0783. The van der Waals surface area contributed by atoms with Crippen molar-refractivity contribution >= 4 is 5.91 Å². The largest absolute Gasteiger partial charge is 0.493 e. The quantitative estimate of drug-likeness (QED) is 0.933. The summed E-state index contributed by atoms with van der Waals surface area (Å²) in [5.74, 6) is 1.24. The standard InChI is InChI=1S/C18H26N2O2/c1-3-16-14(10-11-20(16)2)18(21)19-15-8-6-12-22-17-9-5-4-7-13(15)17/h4-5,7,9,14-16H,3,6,8,10-12H2,1-2H3,(H,19,21)/t14-,15+,16+/m0/s1. The zero-order chi connectivity index (χ0) is 15.5. The molecule has 3 atom stereocenters. The van der Waals surface area contributed by atoms with Crippen LogP contribution >= 0.6 is 0 Å². The van der Waals surface area contributed by atoms with Crippen molar-refractivity contribution in [1.29, 1.82) is 0 Å². The molecule has 1 aromatic carbocycles. The van der Waals surface area contributed by atoms with E-state index in [9.17, 15) is 4.79 Å². The Morgan fingerprint density at radius 2 is 2.18 bits per heavy atom. The van der Waals surface area contributed by atoms with Gasteiger partial charge in [0.1, 0.15) is 5.75 Å². The first-order chi connectivity index (χ1) is 10.7. The van der Waals surface area contributed by atoms with E-state index >= 15 is 0 Å². The molecular formula is C18H26N2O2. The lowest BCUT2D eigenvalue weighted by Gasteiger charge is -2.25. The predicted molar refractivity (Wildman–Crippen MR) is 86.9 cm³/mol. The summed E-state index contributed by atoms with van der Waals surface area (Å²) in [5.41, 5.74) is 1.12. The van der Waals surface area contributed by atoms with Crippen LogP contribution in [0, 0.1) is 5.92 Å². The predicted octanol–water partition coefficient (Wildman–Crippen LogP) is 2.75. The molecule has 1 amide bonds. The number of benzene rings is 1. The van der Waals surface area contributed by atoms with Gasteiger partial charge in [0.15, 0.2) is 0 Å². The topological polar surface area (TPSA) is 41.6 Å². The van der Waals surface area contributed by atoms with Crippen molar-refractivity contribution in [3.63, 3.8) is 0 Å². The van der Waals surface area contributed by atoms with Crippen LogP contribution in [0.5, 0.6) is 5.75 Å². The molecule has 1 N–H and O–H groups in total. The first kappa shape index (κ1) is 15.3. The fourth-order valence-electron chi connectivity index (χ4n) is 3.86. The van der Waals surface area contributed by atoms with E-state index < -0.39 is 0 Å². The molecule has 0 spiro atoms. The summed E-state index contributed by atoms with van der Waals surface area (Å²) in [6.45, 7) is 3.91. The van der Waals surface area contributed by atoms with Gasteiger partial charge in [-0.3, -0.25) is 4.79 Å². The minimum Gasteiger partial charge on any atom is -0.493 e. The fraction of sp³-hybridized carbons (Fsp3) is 0.611. The average molecular weight is 302 g/mol. The molecule has 2 aliphatic rings. The molecule has 4 heteroatoms. The number of carbonyl (C=O) groups excluding carboxylic acids is 1. The van der Waals surface area contributed by atoms with Crippen LogP contribution in [0.25, 0.3) is 0 Å². The Morgan fingerprint density at radius 3 is 3.00 bits per heavy atom. The summed E-state index contributed by atoms with van der Waals surface area (Å²) in [5, 5.41) is 3.30. The van der Waals surface area contributed by atoms with Crippen molar-refractivity contribution < 1.29 is 9.53 Å². The van der Waals surface area contributed by atoms with Crippen molar-refractivity contribution in [3.05, 3.63) is 29.8 Å². The molecule has 0 unspecified atom stereocenters. The van der Waals surface area contributed by atoms with Gasteiger partial charge < -0.3 is 15.0 Å². The van der Waals surface area contributed by atoms with Gasteiger partial charge in [0, 0.05) is 11.6 Å². The molecule has 0 saturated carbocycles. The number of nitrogens with zero attached hydrogens (tertiary/aromatic N) is 1. The van der Waals surface area contributed by atoms with Crippen molar-refractivity contribution in [2.45, 2.75) is 44.7 Å². The van der Waals surface area contributed by atoms with Crippen LogP contribution in [-0.2, 0) is 4.79 Å². The molecule has 0 bridgehead atoms. The van der Waals surface area contributed by atoms with E-state index in [-0.39, 0.29) is 17.9 Å². The van der Waals surface area contributed by atoms with E-state index in [1.54, 1.807) is 0 Å². The lowest BCUT2D eigenvalue weighted by molar-refractivity contribution is -0.126. The third-order valence-electron chi connectivity index (χ3n) is 5.08. The number of carbonyl (C=O) groups is 1. The van der Waals surface area contributed by atoms with Gasteiger partial charge in [-0.15, -0.1) is 0 Å². The molecule has 0 radical (unpaired) electrons. The van der Waals surface area contributed by atoms with Gasteiger partial charge in [-0.2, -0.15) is 0 Å². The van der Waals surface area contributed by atoms with E-state index in [0.29, 0.717) is 6.04 Å². The molecule has 1 saturated heterocycles. The maximum absolute atomic E-state index is 12.8. The Morgan fingerprint density at radius 1 is 1.36 bits per heavy atom. The normalized spacial score (nSPS) is 28.5. The number of hydrogen-bond donors (Lipinski definition) is 1. The molecule has 0 aromatic heterocycles. The van der Waals surface area contributed by atoms with Crippen LogP contribution in [0.1, 0.15) is 44.2 Å². The Bertz CT molecular complexity index is 532. The number of amides is 1. The molecule has 22 heavy (non-hydrogen) atoms. The van der Waals surface area contributed by atoms with Gasteiger partial charge in [0.25, 0.3) is 0 Å². The lowest BCUT2D eigenvalue weighted by Crippen LogP contribution is -2.40. The fourth-order valence-corrected chi connectivity index (χ4v) is 3.86. The third-order valence-corrected chi connectivity index (χ3v) is 5.08. The van der Waals surface area contributed by atoms with Crippen LogP contribution in [-0.4, -0.2) is 37.0 Å². The number of ether oxygens (including phenoxy) is 1. The first-order valence-electron chi connectivity index (χ1n) is 8.43. The van der Waals surface area contributed by atoms with Gasteiger partial charge >= 0.3 is 0 Å². The zero-order valence-corrected chi connectivity index (χ0v) is 13.5. The molecule has 1 aromatic rings. The lowest BCUT2D eigenvalue weighted by atomic mass is 9.95. The SMILES string of the molecule is CC[C@@H]1[C@@H](C(=O)N[C@@H]2CCCOc3ccccc32)CCN1C. The molecule has 1 fully saturated rings. The molecular weight excluding hydrogens is 276 g/mol. The summed E-state index contributed by atoms with van der Waals surface area (Å²) >= 11 is 0. The van der Waals surface area contributed by atoms with E-state index in [0.717, 1.165) is 50.1 Å². The summed E-state index contributed by atoms with van der Waals surface area (Å²) in [4.78, 5) is 15.1. The number of hydrogen-bond acceptors (Lipinski definition) is 3. The van der Waals surface area contributed by atoms with Gasteiger partial charge in [-0.25, -0.2) is 0 Å². The number of para-hydroxylation sites is 1. The number of likely N-dealkylation sites (tertiary alicyclic amines) is 1. The Kier molecular flexibility index (Phi) is 4.67. The van der Waals surface area contributed by atoms with Crippen molar-refractivity contribution in [3.8, 4) is 5.75 Å². The van der Waals surface area contributed by atoms with Gasteiger partial charge in [-0.05, 0) is 45.3 Å². The smallest absolute Gasteiger partial charge is 0.225 e. The highest BCUT2D eigenvalue weighted by Gasteiger charge is 2.36. The molecule has 120 valence electrons. The maximum Gasteiger partial charge on any atom is 0.225 e. The Balaban J connectivity index is 1.74. The maximum atomic E-state index is 12.8. The van der Waals surface area contributed by atoms with Crippen molar-refractivity contribution in [2.75, 3.05) is 20.2 Å². The third kappa shape index (κ3) is 2.98. The van der Waals surface area contributed by atoms with Gasteiger partial charge in [0.05, 0.1) is 18.6 Å². The highest BCUT2D eigenvalue weighted by Crippen LogP contribution is 2.32. The second kappa shape index (κ2) is 6.69. The van der Waals surface area contributed by atoms with Crippen LogP contribution in [0.3, 0.4) is 0 Å². The molecule has 3 rings (SSSR count). The molecule has 2 aliphatic heterocycles. The van der Waals surface area contributed by atoms with E-state index in [4.69, 9.17) is 4.74 Å². The zero-order valence-electron chi connectivity index (χ0n) is 13.5. The van der Waals surface area contributed by atoms with Crippen molar-refractivity contribution in [1.82, 2.24) is 10.2 Å². The second-order valence-electron chi connectivity index (χ2n) is 6.44. The van der Waals surface area contributed by atoms with Crippen LogP contribution in [0.2, 0.25) is 0 Å². The van der Waals surface area contributed by atoms with Crippen LogP contribution < -0.4 is 10.1 Å². The second-order valence-corrected chi connectivity index (χ2v) is 6.44. The number of fused-ring (bicyclic) bond motifs is 1. The summed E-state index contributed by atoms with van der Waals surface area (Å²) in [6.07, 6.45) is 3.91. The molecule has 0 aliphatic carbocycles. The Labute approximate surface area is 132 Å². The molecule has 2 heterocycles. The number of nitrogens with one attached hydrogen (secondary N) is 1. The molecule has 4 nitrogen and oxygen atoms in total. The highest BCUT2D eigenvalue weighted by atomic mass is 16.5. The number of rotatable bonds is 3. The van der Waals surface area contributed by atoms with Crippen LogP contribution in [0.15, 0.2) is 24.3 Å². The highest BCUT2D eigenvalue weighted by molar-refractivity contribution is 5.80. The van der Waals surface area contributed by atoms with E-state index in [1.165, 1.54) is 0 Å². The minimum absolute atomic E-state index is 0.0783.